The van der Waals surface area contributed by atoms with Crippen molar-refractivity contribution >= 4 is 58.4 Å². The van der Waals surface area contributed by atoms with E-state index in [2.05, 4.69) is 63.7 Å². The number of halogens is 3. The molecule has 4 nitrogen and oxygen atoms in total. The van der Waals surface area contributed by atoms with Crippen molar-refractivity contribution in [3.63, 3.8) is 0 Å². The molecule has 4 rings (SSSR count). The fourth-order valence-corrected chi connectivity index (χ4v) is 3.43. The molecule has 4 aromatic rings. The average Bonchev–Trinajstić information content (AvgIpc) is 2.75. The Morgan fingerprint density at radius 1 is 0.688 bits per heavy atom. The van der Waals surface area contributed by atoms with E-state index in [1.54, 1.807) is 24.5 Å². The third kappa shape index (κ3) is 9.67. The SMILES string of the molecule is Cc1ccc(-c2ccnc(Cl)c2)cc1.Cc1ccc(B(O)O)cc1.Clc1cc(I)ccn1. The van der Waals surface area contributed by atoms with Crippen LogP contribution in [0.25, 0.3) is 11.1 Å². The summed E-state index contributed by atoms with van der Waals surface area (Å²) in [6.45, 7) is 4.02. The van der Waals surface area contributed by atoms with Crippen molar-refractivity contribution in [1.82, 2.24) is 9.97 Å². The standard InChI is InChI=1S/C12H10ClN.C7H9BO2.C5H3ClIN/c1-9-2-4-10(5-3-9)11-6-7-14-12(13)8-11;1-6-2-4-7(5-3-6)8(9)10;6-5-3-4(7)1-2-8-5/h2-8H,1H3;2-5,9-10H,1H3;1-3H. The quantitative estimate of drug-likeness (QED) is 0.181. The molecule has 0 fully saturated rings. The number of aryl methyl sites for hydroxylation is 2. The third-order valence-corrected chi connectivity index (χ3v) is 5.26. The van der Waals surface area contributed by atoms with Crippen LogP contribution in [-0.4, -0.2) is 27.1 Å². The predicted molar refractivity (Wildman–Crippen MR) is 142 cm³/mol. The summed E-state index contributed by atoms with van der Waals surface area (Å²) >= 11 is 13.5. The lowest BCUT2D eigenvalue weighted by Crippen LogP contribution is -2.29. The van der Waals surface area contributed by atoms with Crippen molar-refractivity contribution in [1.29, 1.82) is 0 Å². The molecule has 0 saturated heterocycles. The van der Waals surface area contributed by atoms with Gasteiger partial charge in [0.05, 0.1) is 0 Å². The number of aromatic nitrogens is 2. The van der Waals surface area contributed by atoms with Crippen molar-refractivity contribution in [2.24, 2.45) is 0 Å². The molecular formula is C24H22BCl2IN2O2. The molecule has 2 heterocycles. The second-order valence-corrected chi connectivity index (χ2v) is 8.83. The second kappa shape index (κ2) is 13.6. The van der Waals surface area contributed by atoms with Gasteiger partial charge in [-0.05, 0) is 77.3 Å². The van der Waals surface area contributed by atoms with Gasteiger partial charge in [-0.1, -0.05) is 82.9 Å². The first-order valence-electron chi connectivity index (χ1n) is 9.63. The number of nitrogens with zero attached hydrogens (tertiary/aromatic N) is 2. The van der Waals surface area contributed by atoms with E-state index in [-0.39, 0.29) is 0 Å². The summed E-state index contributed by atoms with van der Waals surface area (Å²) in [5.74, 6) is 0. The summed E-state index contributed by atoms with van der Waals surface area (Å²) in [5, 5.41) is 18.4. The largest absolute Gasteiger partial charge is 0.488 e. The van der Waals surface area contributed by atoms with Crippen LogP contribution < -0.4 is 5.46 Å². The first-order valence-corrected chi connectivity index (χ1v) is 11.5. The van der Waals surface area contributed by atoms with Gasteiger partial charge < -0.3 is 10.0 Å². The van der Waals surface area contributed by atoms with Gasteiger partial charge in [0.1, 0.15) is 10.3 Å². The number of hydrogen-bond acceptors (Lipinski definition) is 4. The second-order valence-electron chi connectivity index (χ2n) is 6.81. The molecule has 0 amide bonds. The first kappa shape index (κ1) is 26.3. The number of pyridine rings is 2. The maximum absolute atomic E-state index is 8.67. The van der Waals surface area contributed by atoms with Crippen LogP contribution in [0.15, 0.2) is 85.2 Å². The molecule has 0 aliphatic heterocycles. The minimum absolute atomic E-state index is 0.531. The van der Waals surface area contributed by atoms with Crippen LogP contribution in [0.1, 0.15) is 11.1 Å². The molecule has 0 spiro atoms. The van der Waals surface area contributed by atoms with E-state index >= 15 is 0 Å². The molecule has 0 saturated carbocycles. The van der Waals surface area contributed by atoms with Crippen LogP contribution in [0.4, 0.5) is 0 Å². The smallest absolute Gasteiger partial charge is 0.423 e. The van der Waals surface area contributed by atoms with Crippen molar-refractivity contribution < 1.29 is 10.0 Å². The maximum Gasteiger partial charge on any atom is 0.488 e. The van der Waals surface area contributed by atoms with Gasteiger partial charge in [-0.15, -0.1) is 0 Å². The van der Waals surface area contributed by atoms with Gasteiger partial charge in [-0.25, -0.2) is 9.97 Å². The van der Waals surface area contributed by atoms with Gasteiger partial charge in [0.25, 0.3) is 0 Å². The average molecular weight is 579 g/mol. The molecule has 0 unspecified atom stereocenters. The molecule has 2 aromatic carbocycles. The Kier molecular flexibility index (Phi) is 11.1. The normalized spacial score (nSPS) is 9.72. The van der Waals surface area contributed by atoms with Gasteiger partial charge >= 0.3 is 7.12 Å². The van der Waals surface area contributed by atoms with Crippen LogP contribution >= 0.6 is 45.8 Å². The minimum Gasteiger partial charge on any atom is -0.423 e. The Hall–Kier alpha value is -1.97. The lowest BCUT2D eigenvalue weighted by Gasteiger charge is -2.01. The van der Waals surface area contributed by atoms with Crippen molar-refractivity contribution in [2.75, 3.05) is 0 Å². The molecule has 8 heteroatoms. The Labute approximate surface area is 212 Å². The summed E-state index contributed by atoms with van der Waals surface area (Å²) in [6.07, 6.45) is 3.40. The van der Waals surface area contributed by atoms with E-state index in [1.807, 2.05) is 43.3 Å². The molecule has 164 valence electrons. The Balaban J connectivity index is 0.000000178. The highest BCUT2D eigenvalue weighted by Gasteiger charge is 2.08. The highest BCUT2D eigenvalue weighted by atomic mass is 127. The summed E-state index contributed by atoms with van der Waals surface area (Å²) in [6, 6.07) is 22.9. The number of hydrogen-bond donors (Lipinski definition) is 2. The van der Waals surface area contributed by atoms with Crippen molar-refractivity contribution in [3.05, 3.63) is 110 Å². The van der Waals surface area contributed by atoms with Gasteiger partial charge in [-0.3, -0.25) is 0 Å². The molecule has 2 aromatic heterocycles. The van der Waals surface area contributed by atoms with Gasteiger partial charge in [-0.2, -0.15) is 0 Å². The minimum atomic E-state index is -1.35. The van der Waals surface area contributed by atoms with Crippen LogP contribution in [0.5, 0.6) is 0 Å². The molecule has 32 heavy (non-hydrogen) atoms. The number of rotatable bonds is 2. The van der Waals surface area contributed by atoms with E-state index in [9.17, 15) is 0 Å². The predicted octanol–water partition coefficient (Wildman–Crippen LogP) is 5.72. The van der Waals surface area contributed by atoms with Crippen LogP contribution in [-0.2, 0) is 0 Å². The summed E-state index contributed by atoms with van der Waals surface area (Å²) in [7, 11) is -1.35. The molecule has 0 aliphatic carbocycles. The summed E-state index contributed by atoms with van der Waals surface area (Å²) < 4.78 is 1.11. The van der Waals surface area contributed by atoms with E-state index in [4.69, 9.17) is 33.2 Å². The van der Waals surface area contributed by atoms with E-state index in [0.29, 0.717) is 15.8 Å². The molecule has 2 N–H and O–H groups in total. The van der Waals surface area contributed by atoms with Crippen molar-refractivity contribution in [3.8, 4) is 11.1 Å². The van der Waals surface area contributed by atoms with Crippen LogP contribution in [0.2, 0.25) is 10.3 Å². The van der Waals surface area contributed by atoms with Gasteiger partial charge in [0.15, 0.2) is 0 Å². The molecule has 0 bridgehead atoms. The molecule has 0 atom stereocenters. The van der Waals surface area contributed by atoms with Crippen LogP contribution in [0, 0.1) is 17.4 Å². The Bertz CT molecular complexity index is 1090. The zero-order valence-corrected chi connectivity index (χ0v) is 21.3. The zero-order chi connectivity index (χ0) is 23.5. The highest BCUT2D eigenvalue weighted by molar-refractivity contribution is 14.1. The molecular weight excluding hydrogens is 557 g/mol. The maximum atomic E-state index is 8.67. The lowest BCUT2D eigenvalue weighted by atomic mass is 9.80. The van der Waals surface area contributed by atoms with Crippen LogP contribution in [0.3, 0.4) is 0 Å². The number of benzene rings is 2. The van der Waals surface area contributed by atoms with Gasteiger partial charge in [0, 0.05) is 16.0 Å². The van der Waals surface area contributed by atoms with E-state index in [0.717, 1.165) is 14.7 Å². The van der Waals surface area contributed by atoms with E-state index in [1.165, 1.54) is 11.1 Å². The fourth-order valence-electron chi connectivity index (χ4n) is 2.45. The van der Waals surface area contributed by atoms with Gasteiger partial charge in [0.2, 0.25) is 0 Å². The monoisotopic (exact) mass is 578 g/mol. The molecule has 0 aliphatic rings. The third-order valence-electron chi connectivity index (χ3n) is 4.18. The summed E-state index contributed by atoms with van der Waals surface area (Å²) in [5.41, 5.74) is 5.17. The summed E-state index contributed by atoms with van der Waals surface area (Å²) in [4.78, 5) is 7.75. The lowest BCUT2D eigenvalue weighted by molar-refractivity contribution is 0.426. The molecule has 0 radical (unpaired) electrons. The van der Waals surface area contributed by atoms with Crippen molar-refractivity contribution in [2.45, 2.75) is 13.8 Å². The first-order chi connectivity index (χ1) is 15.2. The Morgan fingerprint density at radius 3 is 1.62 bits per heavy atom. The topological polar surface area (TPSA) is 66.2 Å². The van der Waals surface area contributed by atoms with E-state index < -0.39 is 7.12 Å². The zero-order valence-electron chi connectivity index (χ0n) is 17.6. The Morgan fingerprint density at radius 2 is 1.19 bits per heavy atom. The fraction of sp³-hybridized carbons (Fsp3) is 0.0833. The highest BCUT2D eigenvalue weighted by Crippen LogP contribution is 2.21.